The molecule has 0 bridgehead atoms. The molecule has 1 fully saturated rings. The lowest BCUT2D eigenvalue weighted by molar-refractivity contribution is -0.147. The van der Waals surface area contributed by atoms with Gasteiger partial charge in [0, 0.05) is 32.7 Å². The van der Waals surface area contributed by atoms with Crippen LogP contribution < -0.4 is 14.8 Å². The molecule has 1 aliphatic rings. The number of likely N-dealkylation sites (N-methyl/N-ethyl adjacent to an activating group) is 1. The fourth-order valence-corrected chi connectivity index (χ4v) is 3.03. The van der Waals surface area contributed by atoms with Gasteiger partial charge < -0.3 is 24.4 Å². The molecule has 1 N–H and O–H groups in total. The summed E-state index contributed by atoms with van der Waals surface area (Å²) in [6.07, 6.45) is -0.0274. The zero-order valence-corrected chi connectivity index (χ0v) is 16.7. The Balaban J connectivity index is 2.12. The Labute approximate surface area is 164 Å². The minimum Gasteiger partial charge on any atom is -0.497 e. The Morgan fingerprint density at radius 3 is 2.39 bits per heavy atom. The third-order valence-corrected chi connectivity index (χ3v) is 4.63. The normalized spacial score (nSPS) is 16.9. The van der Waals surface area contributed by atoms with Crippen LogP contribution in [0.4, 0.5) is 0 Å². The lowest BCUT2D eigenvalue weighted by Crippen LogP contribution is -2.56. The molecule has 0 aliphatic carbocycles. The summed E-state index contributed by atoms with van der Waals surface area (Å²) in [4.78, 5) is 39.5. The standard InChI is InChI=1S/C19H27N3O6/c1-21(12-18(24)28-4)17(23)10-16-19(25)20-5-6-22(16)11-13-7-14(26-2)9-15(8-13)27-3/h7-9,16H,5-6,10-12H2,1-4H3,(H,20,25). The highest BCUT2D eigenvalue weighted by Crippen LogP contribution is 2.24. The van der Waals surface area contributed by atoms with Gasteiger partial charge >= 0.3 is 5.97 Å². The molecule has 9 heteroatoms. The molecule has 0 saturated carbocycles. The van der Waals surface area contributed by atoms with Gasteiger partial charge in [-0.3, -0.25) is 19.3 Å². The molecule has 2 amide bonds. The molecule has 1 aromatic carbocycles. The number of nitrogens with zero attached hydrogens (tertiary/aromatic N) is 2. The summed E-state index contributed by atoms with van der Waals surface area (Å²) >= 11 is 0. The number of rotatable bonds is 8. The predicted molar refractivity (Wildman–Crippen MR) is 101 cm³/mol. The average Bonchev–Trinajstić information content (AvgIpc) is 2.69. The number of methoxy groups -OCH3 is 3. The predicted octanol–water partition coefficient (Wildman–Crippen LogP) is 0.0257. The van der Waals surface area contributed by atoms with Gasteiger partial charge in [0.15, 0.2) is 0 Å². The van der Waals surface area contributed by atoms with Gasteiger partial charge in [-0.05, 0) is 17.7 Å². The largest absolute Gasteiger partial charge is 0.497 e. The van der Waals surface area contributed by atoms with E-state index in [1.54, 1.807) is 20.3 Å². The number of nitrogens with one attached hydrogen (secondary N) is 1. The van der Waals surface area contributed by atoms with Crippen LogP contribution in [0, 0.1) is 0 Å². The molecule has 2 rings (SSSR count). The summed E-state index contributed by atoms with van der Waals surface area (Å²) < 4.78 is 15.2. The molecule has 154 valence electrons. The number of hydrogen-bond donors (Lipinski definition) is 1. The Hall–Kier alpha value is -2.81. The van der Waals surface area contributed by atoms with Crippen LogP contribution in [0.3, 0.4) is 0 Å². The van der Waals surface area contributed by atoms with Gasteiger partial charge in [-0.1, -0.05) is 0 Å². The topological polar surface area (TPSA) is 97.4 Å². The Bertz CT molecular complexity index is 701. The first-order valence-electron chi connectivity index (χ1n) is 8.92. The number of carbonyl (C=O) groups excluding carboxylic acids is 3. The highest BCUT2D eigenvalue weighted by molar-refractivity contribution is 5.90. The number of amides is 2. The molecule has 1 aromatic rings. The van der Waals surface area contributed by atoms with Gasteiger partial charge in [0.05, 0.1) is 33.8 Å². The molecule has 1 atom stereocenters. The van der Waals surface area contributed by atoms with Gasteiger partial charge in [0.2, 0.25) is 11.8 Å². The van der Waals surface area contributed by atoms with Crippen LogP contribution in [0.1, 0.15) is 12.0 Å². The molecule has 1 aliphatic heterocycles. The number of hydrogen-bond acceptors (Lipinski definition) is 7. The van der Waals surface area contributed by atoms with E-state index in [0.717, 1.165) is 5.56 Å². The first-order chi connectivity index (χ1) is 13.4. The highest BCUT2D eigenvalue weighted by Gasteiger charge is 2.32. The monoisotopic (exact) mass is 393 g/mol. The summed E-state index contributed by atoms with van der Waals surface area (Å²) in [6, 6.07) is 4.89. The van der Waals surface area contributed by atoms with Crippen molar-refractivity contribution in [3.05, 3.63) is 23.8 Å². The summed E-state index contributed by atoms with van der Waals surface area (Å²) in [6.45, 7) is 1.41. The van der Waals surface area contributed by atoms with Gasteiger partial charge in [0.25, 0.3) is 0 Å². The molecular formula is C19H27N3O6. The number of carbonyl (C=O) groups is 3. The summed E-state index contributed by atoms with van der Waals surface area (Å²) in [5.41, 5.74) is 0.909. The summed E-state index contributed by atoms with van der Waals surface area (Å²) in [5.74, 6) is 0.286. The third-order valence-electron chi connectivity index (χ3n) is 4.63. The van der Waals surface area contributed by atoms with Crippen molar-refractivity contribution in [1.29, 1.82) is 0 Å². The van der Waals surface area contributed by atoms with Crippen LogP contribution in [0.25, 0.3) is 0 Å². The second kappa shape index (κ2) is 9.93. The molecule has 1 unspecified atom stereocenters. The molecule has 9 nitrogen and oxygen atoms in total. The number of piperazine rings is 1. The number of esters is 1. The van der Waals surface area contributed by atoms with E-state index in [9.17, 15) is 14.4 Å². The third kappa shape index (κ3) is 5.59. The van der Waals surface area contributed by atoms with Crippen molar-refractivity contribution >= 4 is 17.8 Å². The molecule has 1 heterocycles. The first kappa shape index (κ1) is 21.5. The molecule has 0 spiro atoms. The second-order valence-electron chi connectivity index (χ2n) is 6.53. The van der Waals surface area contributed by atoms with Crippen molar-refractivity contribution in [3.8, 4) is 11.5 Å². The van der Waals surface area contributed by atoms with Crippen molar-refractivity contribution in [1.82, 2.24) is 15.1 Å². The average molecular weight is 393 g/mol. The van der Waals surface area contributed by atoms with Gasteiger partial charge in [-0.2, -0.15) is 0 Å². The van der Waals surface area contributed by atoms with Gasteiger partial charge in [-0.25, -0.2) is 0 Å². The fraction of sp³-hybridized carbons (Fsp3) is 0.526. The van der Waals surface area contributed by atoms with E-state index in [0.29, 0.717) is 31.1 Å². The Kier molecular flexibility index (Phi) is 7.62. The quantitative estimate of drug-likeness (QED) is 0.622. The molecule has 0 radical (unpaired) electrons. The molecule has 0 aromatic heterocycles. The van der Waals surface area contributed by atoms with Crippen LogP contribution in [-0.4, -0.2) is 81.6 Å². The molecular weight excluding hydrogens is 366 g/mol. The number of benzene rings is 1. The number of ether oxygens (including phenoxy) is 3. The zero-order chi connectivity index (χ0) is 20.7. The van der Waals surface area contributed by atoms with E-state index in [1.807, 2.05) is 17.0 Å². The maximum Gasteiger partial charge on any atom is 0.325 e. The van der Waals surface area contributed by atoms with E-state index < -0.39 is 12.0 Å². The van der Waals surface area contributed by atoms with E-state index in [-0.39, 0.29) is 24.8 Å². The molecule has 28 heavy (non-hydrogen) atoms. The van der Waals surface area contributed by atoms with Crippen LogP contribution in [-0.2, 0) is 25.7 Å². The lowest BCUT2D eigenvalue weighted by Gasteiger charge is -2.35. The summed E-state index contributed by atoms with van der Waals surface area (Å²) in [5, 5.41) is 2.80. The van der Waals surface area contributed by atoms with E-state index in [4.69, 9.17) is 9.47 Å². The smallest absolute Gasteiger partial charge is 0.325 e. The maximum atomic E-state index is 12.5. The highest BCUT2D eigenvalue weighted by atomic mass is 16.5. The van der Waals surface area contributed by atoms with E-state index in [1.165, 1.54) is 19.1 Å². The maximum absolute atomic E-state index is 12.5. The first-order valence-corrected chi connectivity index (χ1v) is 8.92. The van der Waals surface area contributed by atoms with Gasteiger partial charge in [-0.15, -0.1) is 0 Å². The second-order valence-corrected chi connectivity index (χ2v) is 6.53. The minimum atomic E-state index is -0.626. The van der Waals surface area contributed by atoms with Crippen molar-refractivity contribution in [2.45, 2.75) is 19.0 Å². The van der Waals surface area contributed by atoms with Crippen LogP contribution in [0.15, 0.2) is 18.2 Å². The Morgan fingerprint density at radius 1 is 1.18 bits per heavy atom. The van der Waals surface area contributed by atoms with Crippen LogP contribution in [0.2, 0.25) is 0 Å². The minimum absolute atomic E-state index is 0.0274. The van der Waals surface area contributed by atoms with Crippen LogP contribution in [0.5, 0.6) is 11.5 Å². The van der Waals surface area contributed by atoms with Crippen molar-refractivity contribution < 1.29 is 28.6 Å². The van der Waals surface area contributed by atoms with E-state index in [2.05, 4.69) is 10.1 Å². The van der Waals surface area contributed by atoms with Crippen LogP contribution >= 0.6 is 0 Å². The zero-order valence-electron chi connectivity index (χ0n) is 16.7. The van der Waals surface area contributed by atoms with Gasteiger partial charge in [0.1, 0.15) is 18.0 Å². The van der Waals surface area contributed by atoms with Crippen molar-refractivity contribution in [3.63, 3.8) is 0 Å². The summed E-state index contributed by atoms with van der Waals surface area (Å²) in [7, 11) is 5.92. The Morgan fingerprint density at radius 2 is 1.82 bits per heavy atom. The fourth-order valence-electron chi connectivity index (χ4n) is 3.03. The van der Waals surface area contributed by atoms with Crippen molar-refractivity contribution in [2.24, 2.45) is 0 Å². The molecule has 1 saturated heterocycles. The lowest BCUT2D eigenvalue weighted by atomic mass is 10.1. The van der Waals surface area contributed by atoms with Crippen molar-refractivity contribution in [2.75, 3.05) is 48.0 Å². The SMILES string of the molecule is COC(=O)CN(C)C(=O)CC1C(=O)NCCN1Cc1cc(OC)cc(OC)c1. The van der Waals surface area contributed by atoms with E-state index >= 15 is 0 Å².